The average molecular weight is 268 g/mol. The van der Waals surface area contributed by atoms with Crippen molar-refractivity contribution in [1.29, 1.82) is 0 Å². The Kier molecular flexibility index (Phi) is 6.62. The van der Waals surface area contributed by atoms with Crippen LogP contribution in [0.5, 0.6) is 0 Å². The minimum atomic E-state index is -0.0327. The molecule has 0 amide bonds. The van der Waals surface area contributed by atoms with E-state index in [-0.39, 0.29) is 12.6 Å². The van der Waals surface area contributed by atoms with E-state index in [4.69, 9.17) is 10.8 Å². The van der Waals surface area contributed by atoms with Gasteiger partial charge in [0.25, 0.3) is 0 Å². The van der Waals surface area contributed by atoms with Crippen molar-refractivity contribution in [3.8, 4) is 0 Å². The van der Waals surface area contributed by atoms with Crippen molar-refractivity contribution >= 4 is 0 Å². The highest BCUT2D eigenvalue weighted by molar-refractivity contribution is 4.84. The van der Waals surface area contributed by atoms with Crippen molar-refractivity contribution in [2.45, 2.75) is 88.8 Å². The summed E-state index contributed by atoms with van der Waals surface area (Å²) in [7, 11) is 0. The van der Waals surface area contributed by atoms with Gasteiger partial charge in [0.15, 0.2) is 0 Å². The highest BCUT2D eigenvalue weighted by Gasteiger charge is 2.28. The maximum absolute atomic E-state index is 9.12. The Balaban J connectivity index is 1.90. The summed E-state index contributed by atoms with van der Waals surface area (Å²) in [6.45, 7) is 1.22. The normalized spacial score (nSPS) is 24.8. The molecule has 0 radical (unpaired) electrons. The van der Waals surface area contributed by atoms with Gasteiger partial charge in [0.05, 0.1) is 6.61 Å². The molecule has 0 saturated heterocycles. The van der Waals surface area contributed by atoms with E-state index >= 15 is 0 Å². The Labute approximate surface area is 118 Å². The fraction of sp³-hybridized carbons (Fsp3) is 1.00. The van der Waals surface area contributed by atoms with Crippen LogP contribution in [0.3, 0.4) is 0 Å². The van der Waals surface area contributed by atoms with E-state index in [0.29, 0.717) is 0 Å². The van der Waals surface area contributed by atoms with E-state index in [2.05, 4.69) is 4.90 Å². The Morgan fingerprint density at radius 2 is 1.37 bits per heavy atom. The number of hydrogen-bond donors (Lipinski definition) is 2. The Morgan fingerprint density at radius 1 is 0.895 bits per heavy atom. The fourth-order valence-electron chi connectivity index (χ4n) is 3.89. The first-order valence-corrected chi connectivity index (χ1v) is 8.43. The van der Waals surface area contributed by atoms with Gasteiger partial charge in [-0.25, -0.2) is 0 Å². The third-order valence-corrected chi connectivity index (χ3v) is 5.08. The first kappa shape index (κ1) is 15.3. The van der Waals surface area contributed by atoms with Crippen LogP contribution in [-0.4, -0.2) is 41.3 Å². The summed E-state index contributed by atoms with van der Waals surface area (Å²) in [6.07, 6.45) is 14.9. The molecular weight excluding hydrogens is 236 g/mol. The molecule has 0 aromatic rings. The first-order valence-electron chi connectivity index (χ1n) is 8.43. The number of aliphatic hydroxyl groups is 1. The van der Waals surface area contributed by atoms with E-state index in [9.17, 15) is 0 Å². The van der Waals surface area contributed by atoms with Crippen LogP contribution in [0.2, 0.25) is 0 Å². The molecule has 3 N–H and O–H groups in total. The number of aliphatic hydroxyl groups excluding tert-OH is 1. The van der Waals surface area contributed by atoms with Crippen molar-refractivity contribution in [2.75, 3.05) is 13.2 Å². The molecule has 0 aliphatic heterocycles. The lowest BCUT2D eigenvalue weighted by Gasteiger charge is -2.42. The predicted molar refractivity (Wildman–Crippen MR) is 80.1 cm³/mol. The topological polar surface area (TPSA) is 49.5 Å². The summed E-state index contributed by atoms with van der Waals surface area (Å²) < 4.78 is 0. The van der Waals surface area contributed by atoms with Gasteiger partial charge >= 0.3 is 0 Å². The van der Waals surface area contributed by atoms with Crippen molar-refractivity contribution in [1.82, 2.24) is 4.90 Å². The second-order valence-electron chi connectivity index (χ2n) is 6.55. The monoisotopic (exact) mass is 268 g/mol. The van der Waals surface area contributed by atoms with Crippen molar-refractivity contribution < 1.29 is 5.11 Å². The van der Waals surface area contributed by atoms with Gasteiger partial charge in [-0.3, -0.25) is 4.90 Å². The van der Waals surface area contributed by atoms with Crippen LogP contribution in [-0.2, 0) is 0 Å². The van der Waals surface area contributed by atoms with Crippen molar-refractivity contribution in [2.24, 2.45) is 5.73 Å². The highest BCUT2D eigenvalue weighted by Crippen LogP contribution is 2.30. The summed E-state index contributed by atoms with van der Waals surface area (Å²) in [4.78, 5) is 2.77. The number of rotatable bonds is 6. The molecule has 1 atom stereocenters. The largest absolute Gasteiger partial charge is 0.395 e. The molecule has 2 fully saturated rings. The van der Waals surface area contributed by atoms with Crippen LogP contribution >= 0.6 is 0 Å². The maximum Gasteiger partial charge on any atom is 0.0583 e. The molecule has 0 aromatic heterocycles. The molecule has 19 heavy (non-hydrogen) atoms. The lowest BCUT2D eigenvalue weighted by Crippen LogP contribution is -2.47. The van der Waals surface area contributed by atoms with E-state index in [1.807, 2.05) is 0 Å². The van der Waals surface area contributed by atoms with E-state index in [1.165, 1.54) is 64.2 Å². The standard InChI is InChI=1S/C16H32N2O/c17-14(13-19)11-12-18(15-7-3-1-4-8-15)16-9-5-2-6-10-16/h14-16,19H,1-13,17H2. The quantitative estimate of drug-likeness (QED) is 0.778. The van der Waals surface area contributed by atoms with Crippen LogP contribution in [0.4, 0.5) is 0 Å². The Hall–Kier alpha value is -0.120. The molecule has 112 valence electrons. The lowest BCUT2D eigenvalue weighted by atomic mass is 9.88. The SMILES string of the molecule is NC(CO)CCN(C1CCCCC1)C1CCCCC1. The second-order valence-corrected chi connectivity index (χ2v) is 6.55. The zero-order chi connectivity index (χ0) is 13.5. The van der Waals surface area contributed by atoms with Crippen molar-refractivity contribution in [3.05, 3.63) is 0 Å². The molecule has 3 nitrogen and oxygen atoms in total. The zero-order valence-electron chi connectivity index (χ0n) is 12.4. The summed E-state index contributed by atoms with van der Waals surface area (Å²) in [5, 5.41) is 9.12. The lowest BCUT2D eigenvalue weighted by molar-refractivity contribution is 0.0751. The van der Waals surface area contributed by atoms with Crippen LogP contribution in [0, 0.1) is 0 Å². The van der Waals surface area contributed by atoms with Gasteiger partial charge in [-0.2, -0.15) is 0 Å². The summed E-state index contributed by atoms with van der Waals surface area (Å²) >= 11 is 0. The predicted octanol–water partition coefficient (Wildman–Crippen LogP) is 2.66. The van der Waals surface area contributed by atoms with Crippen LogP contribution < -0.4 is 5.73 Å². The molecule has 2 saturated carbocycles. The van der Waals surface area contributed by atoms with Gasteiger partial charge < -0.3 is 10.8 Å². The molecule has 1 unspecified atom stereocenters. The Bertz CT molecular complexity index is 217. The van der Waals surface area contributed by atoms with E-state index in [1.54, 1.807) is 0 Å². The molecule has 3 heteroatoms. The van der Waals surface area contributed by atoms with Gasteiger partial charge in [0.2, 0.25) is 0 Å². The molecule has 0 heterocycles. The molecule has 2 rings (SSSR count). The minimum Gasteiger partial charge on any atom is -0.395 e. The van der Waals surface area contributed by atoms with E-state index in [0.717, 1.165) is 25.0 Å². The average Bonchev–Trinajstić information content (AvgIpc) is 2.49. The number of nitrogens with zero attached hydrogens (tertiary/aromatic N) is 1. The summed E-state index contributed by atoms with van der Waals surface area (Å²) in [5.41, 5.74) is 5.90. The molecule has 0 bridgehead atoms. The minimum absolute atomic E-state index is 0.0327. The van der Waals surface area contributed by atoms with Crippen LogP contribution in [0.25, 0.3) is 0 Å². The first-order chi connectivity index (χ1) is 9.31. The van der Waals surface area contributed by atoms with E-state index < -0.39 is 0 Å². The third kappa shape index (κ3) is 4.73. The molecule has 2 aliphatic carbocycles. The fourth-order valence-corrected chi connectivity index (χ4v) is 3.89. The maximum atomic E-state index is 9.12. The number of hydrogen-bond acceptors (Lipinski definition) is 3. The molecule has 0 spiro atoms. The highest BCUT2D eigenvalue weighted by atomic mass is 16.3. The summed E-state index contributed by atoms with van der Waals surface area (Å²) in [6, 6.07) is 1.56. The second kappa shape index (κ2) is 8.23. The van der Waals surface area contributed by atoms with Gasteiger partial charge in [0.1, 0.15) is 0 Å². The summed E-state index contributed by atoms with van der Waals surface area (Å²) in [5.74, 6) is 0. The van der Waals surface area contributed by atoms with Crippen LogP contribution in [0.15, 0.2) is 0 Å². The van der Waals surface area contributed by atoms with Gasteiger partial charge in [-0.1, -0.05) is 38.5 Å². The van der Waals surface area contributed by atoms with Gasteiger partial charge in [-0.15, -0.1) is 0 Å². The Morgan fingerprint density at radius 3 is 1.79 bits per heavy atom. The third-order valence-electron chi connectivity index (χ3n) is 5.08. The van der Waals surface area contributed by atoms with Gasteiger partial charge in [-0.05, 0) is 32.1 Å². The van der Waals surface area contributed by atoms with Crippen molar-refractivity contribution in [3.63, 3.8) is 0 Å². The molecular formula is C16H32N2O. The smallest absolute Gasteiger partial charge is 0.0583 e. The molecule has 2 aliphatic rings. The number of nitrogens with two attached hydrogens (primary N) is 1. The van der Waals surface area contributed by atoms with Gasteiger partial charge in [0, 0.05) is 24.7 Å². The van der Waals surface area contributed by atoms with Crippen LogP contribution in [0.1, 0.15) is 70.6 Å². The zero-order valence-corrected chi connectivity index (χ0v) is 12.4. The molecule has 0 aromatic carbocycles.